The van der Waals surface area contributed by atoms with Crippen molar-refractivity contribution in [1.82, 2.24) is 5.32 Å². The first-order chi connectivity index (χ1) is 9.97. The Kier molecular flexibility index (Phi) is 5.12. The van der Waals surface area contributed by atoms with Gasteiger partial charge in [-0.2, -0.15) is 0 Å². The van der Waals surface area contributed by atoms with Gasteiger partial charge in [0.25, 0.3) is 0 Å². The van der Waals surface area contributed by atoms with Crippen LogP contribution in [0.2, 0.25) is 10.0 Å². The topological polar surface area (TPSA) is 55.4 Å². The smallest absolute Gasteiger partial charge is 0.305 e. The Morgan fingerprint density at radius 3 is 2.71 bits per heavy atom. The average molecular weight is 330 g/mol. The highest BCUT2D eigenvalue weighted by atomic mass is 35.5. The van der Waals surface area contributed by atoms with Gasteiger partial charge in [0.2, 0.25) is 5.91 Å². The van der Waals surface area contributed by atoms with E-state index in [0.29, 0.717) is 42.3 Å². The van der Waals surface area contributed by atoms with E-state index in [1.165, 1.54) is 7.11 Å². The highest BCUT2D eigenvalue weighted by molar-refractivity contribution is 6.42. The van der Waals surface area contributed by atoms with E-state index in [1.54, 1.807) is 6.07 Å². The van der Waals surface area contributed by atoms with Gasteiger partial charge in [0.15, 0.2) is 0 Å². The second-order valence-electron chi connectivity index (χ2n) is 5.26. The lowest BCUT2D eigenvalue weighted by Crippen LogP contribution is -2.46. The highest BCUT2D eigenvalue weighted by Crippen LogP contribution is 2.38. The first-order valence-corrected chi connectivity index (χ1v) is 7.51. The van der Waals surface area contributed by atoms with Crippen LogP contribution >= 0.6 is 23.2 Å². The fraction of sp³-hybridized carbons (Fsp3) is 0.467. The van der Waals surface area contributed by atoms with Crippen LogP contribution in [-0.2, 0) is 19.7 Å². The minimum absolute atomic E-state index is 0.0313. The minimum atomic E-state index is -0.309. The molecule has 1 amide bonds. The Morgan fingerprint density at radius 1 is 1.38 bits per heavy atom. The first kappa shape index (κ1) is 16.1. The molecule has 0 radical (unpaired) electrons. The van der Waals surface area contributed by atoms with Gasteiger partial charge >= 0.3 is 5.97 Å². The first-order valence-electron chi connectivity index (χ1n) is 6.76. The van der Waals surface area contributed by atoms with Crippen molar-refractivity contribution in [3.8, 4) is 0 Å². The summed E-state index contributed by atoms with van der Waals surface area (Å²) in [6.45, 7) is 0.487. The molecule has 1 aliphatic heterocycles. The maximum absolute atomic E-state index is 11.5. The van der Waals surface area contributed by atoms with Gasteiger partial charge in [0.1, 0.15) is 0 Å². The highest BCUT2D eigenvalue weighted by Gasteiger charge is 2.37. The Morgan fingerprint density at radius 2 is 2.14 bits per heavy atom. The van der Waals surface area contributed by atoms with Gasteiger partial charge in [0, 0.05) is 24.8 Å². The molecule has 6 heteroatoms. The molecule has 0 aliphatic carbocycles. The molecule has 4 nitrogen and oxygen atoms in total. The third-order valence-corrected chi connectivity index (χ3v) is 4.76. The molecule has 0 saturated carbocycles. The van der Waals surface area contributed by atoms with Gasteiger partial charge in [-0.25, -0.2) is 0 Å². The maximum atomic E-state index is 11.5. The zero-order valence-corrected chi connectivity index (χ0v) is 13.3. The molecule has 21 heavy (non-hydrogen) atoms. The predicted octanol–water partition coefficient (Wildman–Crippen LogP) is 3.09. The summed E-state index contributed by atoms with van der Waals surface area (Å²) in [5.41, 5.74) is 0.678. The Hall–Kier alpha value is -1.26. The number of hydrogen-bond donors (Lipinski definition) is 1. The van der Waals surface area contributed by atoms with Crippen LogP contribution in [0.25, 0.3) is 0 Å². The monoisotopic (exact) mass is 329 g/mol. The van der Waals surface area contributed by atoms with Gasteiger partial charge in [0.05, 0.1) is 17.2 Å². The van der Waals surface area contributed by atoms with Crippen molar-refractivity contribution in [3.63, 3.8) is 0 Å². The lowest BCUT2D eigenvalue weighted by Gasteiger charge is -2.38. The number of halogens is 2. The Bertz CT molecular complexity index is 550. The number of esters is 1. The number of nitrogens with one attached hydrogen (secondary N) is 1. The summed E-state index contributed by atoms with van der Waals surface area (Å²) >= 11 is 12.1. The fourth-order valence-corrected chi connectivity index (χ4v) is 2.97. The standard InChI is InChI=1S/C15H17Cl2NO3/c1-21-14(20)5-7-15(6-4-13(19)18-9-15)10-2-3-11(16)12(17)8-10/h2-3,8H,4-7,9H2,1H3,(H,18,19). The zero-order chi connectivity index (χ0) is 15.5. The number of carbonyl (C=O) groups excluding carboxylic acids is 2. The lowest BCUT2D eigenvalue weighted by atomic mass is 9.71. The molecule has 114 valence electrons. The average Bonchev–Trinajstić information content (AvgIpc) is 2.49. The molecule has 1 aromatic carbocycles. The van der Waals surface area contributed by atoms with Crippen molar-refractivity contribution in [2.75, 3.05) is 13.7 Å². The van der Waals surface area contributed by atoms with E-state index in [2.05, 4.69) is 5.32 Å². The minimum Gasteiger partial charge on any atom is -0.469 e. The van der Waals surface area contributed by atoms with E-state index in [1.807, 2.05) is 12.1 Å². The van der Waals surface area contributed by atoms with Crippen molar-refractivity contribution in [2.24, 2.45) is 0 Å². The maximum Gasteiger partial charge on any atom is 0.305 e. The quantitative estimate of drug-likeness (QED) is 0.863. The molecular formula is C15H17Cl2NO3. The summed E-state index contributed by atoms with van der Waals surface area (Å²) in [5.74, 6) is -0.227. The van der Waals surface area contributed by atoms with Crippen LogP contribution in [0, 0.1) is 0 Å². The normalized spacial score (nSPS) is 21.8. The van der Waals surface area contributed by atoms with Crippen molar-refractivity contribution < 1.29 is 14.3 Å². The van der Waals surface area contributed by atoms with Crippen molar-refractivity contribution in [2.45, 2.75) is 31.1 Å². The van der Waals surface area contributed by atoms with E-state index < -0.39 is 0 Å². The number of methoxy groups -OCH3 is 1. The zero-order valence-electron chi connectivity index (χ0n) is 11.7. The predicted molar refractivity (Wildman–Crippen MR) is 81.6 cm³/mol. The third kappa shape index (κ3) is 3.69. The molecular weight excluding hydrogens is 313 g/mol. The van der Waals surface area contributed by atoms with Gasteiger partial charge in [-0.1, -0.05) is 29.3 Å². The molecule has 1 atom stereocenters. The molecule has 0 bridgehead atoms. The van der Waals surface area contributed by atoms with Crippen LogP contribution in [0.4, 0.5) is 0 Å². The molecule has 1 heterocycles. The summed E-state index contributed by atoms with van der Waals surface area (Å²) in [6.07, 6.45) is 2.00. The van der Waals surface area contributed by atoms with Gasteiger partial charge in [-0.05, 0) is 30.5 Å². The lowest BCUT2D eigenvalue weighted by molar-refractivity contribution is -0.141. The molecule has 0 aromatic heterocycles. The number of ether oxygens (including phenoxy) is 1. The largest absolute Gasteiger partial charge is 0.469 e. The molecule has 1 saturated heterocycles. The van der Waals surface area contributed by atoms with E-state index in [4.69, 9.17) is 27.9 Å². The van der Waals surface area contributed by atoms with Gasteiger partial charge in [-0.3, -0.25) is 9.59 Å². The number of carbonyl (C=O) groups is 2. The number of amides is 1. The van der Waals surface area contributed by atoms with Crippen LogP contribution in [-0.4, -0.2) is 25.5 Å². The van der Waals surface area contributed by atoms with Crippen molar-refractivity contribution in [1.29, 1.82) is 0 Å². The molecule has 1 aliphatic rings. The van der Waals surface area contributed by atoms with E-state index in [-0.39, 0.29) is 17.3 Å². The van der Waals surface area contributed by atoms with E-state index in [0.717, 1.165) is 5.56 Å². The van der Waals surface area contributed by atoms with Crippen LogP contribution in [0.15, 0.2) is 18.2 Å². The summed E-state index contributed by atoms with van der Waals surface area (Å²) in [5, 5.41) is 3.84. The summed E-state index contributed by atoms with van der Waals surface area (Å²) in [7, 11) is 1.37. The summed E-state index contributed by atoms with van der Waals surface area (Å²) in [6, 6.07) is 5.47. The number of piperidine rings is 1. The number of hydrogen-bond acceptors (Lipinski definition) is 3. The number of rotatable bonds is 4. The van der Waals surface area contributed by atoms with Gasteiger partial charge < -0.3 is 10.1 Å². The fourth-order valence-electron chi connectivity index (χ4n) is 2.67. The Balaban J connectivity index is 2.28. The van der Waals surface area contributed by atoms with Crippen LogP contribution in [0.1, 0.15) is 31.2 Å². The van der Waals surface area contributed by atoms with E-state index >= 15 is 0 Å². The van der Waals surface area contributed by atoms with Crippen LogP contribution in [0.5, 0.6) is 0 Å². The van der Waals surface area contributed by atoms with Crippen molar-refractivity contribution in [3.05, 3.63) is 33.8 Å². The summed E-state index contributed by atoms with van der Waals surface area (Å²) < 4.78 is 4.71. The molecule has 1 unspecified atom stereocenters. The second-order valence-corrected chi connectivity index (χ2v) is 6.08. The molecule has 2 rings (SSSR count). The van der Waals surface area contributed by atoms with E-state index in [9.17, 15) is 9.59 Å². The Labute approximate surface area is 133 Å². The third-order valence-electron chi connectivity index (χ3n) is 4.02. The molecule has 0 spiro atoms. The van der Waals surface area contributed by atoms with Crippen LogP contribution in [0.3, 0.4) is 0 Å². The van der Waals surface area contributed by atoms with Crippen LogP contribution < -0.4 is 5.32 Å². The van der Waals surface area contributed by atoms with Gasteiger partial charge in [-0.15, -0.1) is 0 Å². The summed E-state index contributed by atoms with van der Waals surface area (Å²) in [4.78, 5) is 22.9. The second kappa shape index (κ2) is 6.67. The molecule has 1 N–H and O–H groups in total. The van der Waals surface area contributed by atoms with Crippen molar-refractivity contribution >= 4 is 35.1 Å². The molecule has 1 aromatic rings. The molecule has 1 fully saturated rings. The SMILES string of the molecule is COC(=O)CCC1(c2ccc(Cl)c(Cl)c2)CCC(=O)NC1. The number of benzene rings is 1.